The van der Waals surface area contributed by atoms with Gasteiger partial charge in [0.05, 0.1) is 13.0 Å². The van der Waals surface area contributed by atoms with Gasteiger partial charge in [-0.2, -0.15) is 0 Å². The molecule has 1 fully saturated rings. The molecule has 0 radical (unpaired) electrons. The third kappa shape index (κ3) is 40.3. The highest BCUT2D eigenvalue weighted by molar-refractivity contribution is 5.74. The Hall–Kier alpha value is -4.62. The van der Waals surface area contributed by atoms with E-state index in [9.17, 15) is 34.5 Å². The van der Waals surface area contributed by atoms with Gasteiger partial charge in [0.1, 0.15) is 18.8 Å². The summed E-state index contributed by atoms with van der Waals surface area (Å²) in [4.78, 5) is 51.0. The topological polar surface area (TPSA) is 175 Å². The molecule has 1 aliphatic rings. The van der Waals surface area contributed by atoms with E-state index in [1.807, 2.05) is 18.2 Å². The van der Waals surface area contributed by atoms with Crippen LogP contribution in [-0.2, 0) is 42.9 Å². The van der Waals surface area contributed by atoms with Gasteiger partial charge in [-0.15, -0.1) is 0 Å². The van der Waals surface area contributed by atoms with Crippen LogP contribution < -0.4 is 0 Å². The van der Waals surface area contributed by atoms with Crippen LogP contribution in [0.3, 0.4) is 0 Å². The Morgan fingerprint density at radius 3 is 1.35 bits per heavy atom. The number of carbonyl (C=O) groups is 4. The summed E-state index contributed by atoms with van der Waals surface area (Å²) in [6.07, 6.45) is 55.2. The van der Waals surface area contributed by atoms with Crippen LogP contribution in [-0.4, -0.2) is 89.2 Å². The minimum absolute atomic E-state index is 0.0451. The van der Waals surface area contributed by atoms with Crippen molar-refractivity contribution in [3.63, 3.8) is 0 Å². The molecule has 0 saturated carbocycles. The van der Waals surface area contributed by atoms with Gasteiger partial charge in [0.2, 0.25) is 0 Å². The molecule has 1 saturated heterocycles. The second kappa shape index (κ2) is 50.2. The van der Waals surface area contributed by atoms with Crippen LogP contribution in [0.2, 0.25) is 0 Å². The lowest BCUT2D eigenvalue weighted by atomic mass is 9.98. The average Bonchev–Trinajstić information content (AvgIpc) is 3.39. The number of hydrogen-bond acceptors (Lipinski definition) is 11. The zero-order valence-corrected chi connectivity index (χ0v) is 46.5. The summed E-state index contributed by atoms with van der Waals surface area (Å²) in [5, 5.41) is 31.4. The summed E-state index contributed by atoms with van der Waals surface area (Å²) in [6.45, 7) is 5.64. The fourth-order valence-corrected chi connectivity index (χ4v) is 8.02. The van der Waals surface area contributed by atoms with Crippen molar-refractivity contribution in [1.82, 2.24) is 0 Å². The molecule has 1 heterocycles. The smallest absolute Gasteiger partial charge is 0.335 e. The van der Waals surface area contributed by atoms with Gasteiger partial charge in [0.15, 0.2) is 24.6 Å². The summed E-state index contributed by atoms with van der Waals surface area (Å²) < 4.78 is 28.2. The number of aliphatic hydroxyl groups excluding tert-OH is 2. The summed E-state index contributed by atoms with van der Waals surface area (Å²) in [7, 11) is 0. The summed E-state index contributed by atoms with van der Waals surface area (Å²) in [5.41, 5.74) is 0. The molecule has 12 nitrogen and oxygen atoms in total. The minimum Gasteiger partial charge on any atom is -0.479 e. The van der Waals surface area contributed by atoms with Crippen LogP contribution >= 0.6 is 0 Å². The average molecular weight is 1050 g/mol. The predicted molar refractivity (Wildman–Crippen MR) is 303 cm³/mol. The summed E-state index contributed by atoms with van der Waals surface area (Å²) in [5.74, 6) is -3.33. The molecule has 424 valence electrons. The Bertz CT molecular complexity index is 1720. The van der Waals surface area contributed by atoms with E-state index < -0.39 is 67.3 Å². The molecule has 6 unspecified atom stereocenters. The molecular formula is C63H100O12. The highest BCUT2D eigenvalue weighted by Crippen LogP contribution is 2.26. The molecular weight excluding hydrogens is 949 g/mol. The lowest BCUT2D eigenvalue weighted by Gasteiger charge is -2.40. The second-order valence-electron chi connectivity index (χ2n) is 19.2. The lowest BCUT2D eigenvalue weighted by Crippen LogP contribution is -2.61. The van der Waals surface area contributed by atoms with E-state index in [0.717, 1.165) is 103 Å². The Kier molecular flexibility index (Phi) is 45.8. The van der Waals surface area contributed by atoms with Crippen molar-refractivity contribution in [1.29, 1.82) is 0 Å². The highest BCUT2D eigenvalue weighted by Gasteiger charge is 2.50. The van der Waals surface area contributed by atoms with Gasteiger partial charge in [-0.3, -0.25) is 14.4 Å². The Morgan fingerprint density at radius 1 is 0.467 bits per heavy atom. The van der Waals surface area contributed by atoms with Crippen molar-refractivity contribution >= 4 is 23.9 Å². The van der Waals surface area contributed by atoms with Gasteiger partial charge in [0.25, 0.3) is 0 Å². The van der Waals surface area contributed by atoms with Crippen LogP contribution in [0.1, 0.15) is 213 Å². The maximum atomic E-state index is 13.1. The number of carboxylic acids is 1. The number of allylic oxidation sites excluding steroid dienone is 17. The van der Waals surface area contributed by atoms with E-state index in [4.69, 9.17) is 23.7 Å². The van der Waals surface area contributed by atoms with Gasteiger partial charge in [-0.1, -0.05) is 220 Å². The van der Waals surface area contributed by atoms with Crippen LogP contribution in [0.4, 0.5) is 0 Å². The first-order chi connectivity index (χ1) is 36.6. The number of esters is 3. The predicted octanol–water partition coefficient (Wildman–Crippen LogP) is 14.7. The molecule has 0 spiro atoms. The van der Waals surface area contributed by atoms with Crippen LogP contribution in [0, 0.1) is 0 Å². The fraction of sp³-hybridized carbons (Fsp3) is 0.651. The number of ether oxygens (including phenoxy) is 5. The van der Waals surface area contributed by atoms with Gasteiger partial charge in [-0.25, -0.2) is 4.79 Å². The van der Waals surface area contributed by atoms with Crippen LogP contribution in [0.5, 0.6) is 0 Å². The molecule has 0 aromatic rings. The van der Waals surface area contributed by atoms with Crippen molar-refractivity contribution in [3.8, 4) is 0 Å². The van der Waals surface area contributed by atoms with E-state index in [-0.39, 0.29) is 25.9 Å². The van der Waals surface area contributed by atoms with Gasteiger partial charge in [0, 0.05) is 12.8 Å². The van der Waals surface area contributed by atoms with Crippen LogP contribution in [0.15, 0.2) is 109 Å². The Morgan fingerprint density at radius 2 is 0.880 bits per heavy atom. The van der Waals surface area contributed by atoms with E-state index in [2.05, 4.69) is 106 Å². The minimum atomic E-state index is -1.92. The Labute approximate surface area is 453 Å². The van der Waals surface area contributed by atoms with Crippen LogP contribution in [0.25, 0.3) is 0 Å². The SMILES string of the molecule is CC/C=C\C/C=C\C/C=C\C/C=C\C/C=C\CC(=O)OC(COC(=O)CCCCCC/C=C\C/C=C\C/C=C\C/C=C\CC)COC1OC(C(=O)O)C(O)C(O)C1OC(=O)CCCCCCCCCCCCCCC. The van der Waals surface area contributed by atoms with E-state index in [0.29, 0.717) is 19.3 Å². The van der Waals surface area contributed by atoms with Gasteiger partial charge in [-0.05, 0) is 83.5 Å². The Balaban J connectivity index is 2.78. The highest BCUT2D eigenvalue weighted by atomic mass is 16.7. The zero-order valence-electron chi connectivity index (χ0n) is 46.5. The van der Waals surface area contributed by atoms with Crippen molar-refractivity contribution in [2.45, 2.75) is 250 Å². The van der Waals surface area contributed by atoms with Crippen molar-refractivity contribution in [3.05, 3.63) is 109 Å². The number of aliphatic carboxylic acids is 1. The molecule has 0 bridgehead atoms. The standard InChI is InChI=1S/C63H100O12/c1-4-7-10-13-16-19-22-25-27-28-30-32-34-37-40-43-46-49-55(64)71-52-54(73-56(65)50-47-44-41-38-36-33-29-26-23-20-17-14-11-8-5-2)53-72-63-61(59(68)58(67)60(75-63)62(69)70)74-57(66)51-48-45-42-39-35-31-24-21-18-15-12-9-6-3/h7-8,10-11,16-17,19-20,25-27,29-30,32,36,38,44,47,54,58-61,63,67-68H,4-6,9,12-15,18,21-24,28,31,33-35,37,39-43,45-46,48-53H2,1-3H3,(H,69,70)/b10-7-,11-8-,19-16-,20-17-,27-25-,29-26-,32-30-,38-36-,47-44-. The molecule has 6 atom stereocenters. The molecule has 0 aromatic heterocycles. The van der Waals surface area contributed by atoms with Crippen molar-refractivity contribution < 1.29 is 58.2 Å². The zero-order chi connectivity index (χ0) is 54.7. The first-order valence-corrected chi connectivity index (χ1v) is 28.9. The lowest BCUT2D eigenvalue weighted by molar-refractivity contribution is -0.301. The third-order valence-electron chi connectivity index (χ3n) is 12.4. The van der Waals surface area contributed by atoms with Crippen molar-refractivity contribution in [2.75, 3.05) is 13.2 Å². The second-order valence-corrected chi connectivity index (χ2v) is 19.2. The van der Waals surface area contributed by atoms with E-state index >= 15 is 0 Å². The normalized spacial score (nSPS) is 19.0. The molecule has 0 aromatic carbocycles. The first-order valence-electron chi connectivity index (χ1n) is 28.9. The van der Waals surface area contributed by atoms with Gasteiger partial charge < -0.3 is 39.0 Å². The fourth-order valence-electron chi connectivity index (χ4n) is 8.02. The summed E-state index contributed by atoms with van der Waals surface area (Å²) >= 11 is 0. The molecule has 0 amide bonds. The maximum Gasteiger partial charge on any atom is 0.335 e. The largest absolute Gasteiger partial charge is 0.479 e. The molecule has 0 aliphatic carbocycles. The number of aliphatic hydroxyl groups is 2. The first kappa shape index (κ1) is 68.4. The van der Waals surface area contributed by atoms with Crippen molar-refractivity contribution in [2.24, 2.45) is 0 Å². The molecule has 75 heavy (non-hydrogen) atoms. The van der Waals surface area contributed by atoms with E-state index in [1.54, 1.807) is 6.08 Å². The number of carboxylic acid groups (broad SMARTS) is 1. The third-order valence-corrected chi connectivity index (χ3v) is 12.4. The number of carbonyl (C=O) groups excluding carboxylic acids is 3. The number of hydrogen-bond donors (Lipinski definition) is 3. The van der Waals surface area contributed by atoms with Gasteiger partial charge >= 0.3 is 23.9 Å². The molecule has 1 aliphatic heterocycles. The molecule has 3 N–H and O–H groups in total. The quantitative estimate of drug-likeness (QED) is 0.0228. The summed E-state index contributed by atoms with van der Waals surface area (Å²) in [6, 6.07) is 0. The molecule has 12 heteroatoms. The number of rotatable bonds is 47. The van der Waals surface area contributed by atoms with E-state index in [1.165, 1.54) is 51.4 Å². The number of unbranched alkanes of at least 4 members (excludes halogenated alkanes) is 16. The monoisotopic (exact) mass is 1050 g/mol. The molecule has 1 rings (SSSR count). The maximum absolute atomic E-state index is 13.1.